The molecule has 1 aliphatic rings. The molecule has 0 aliphatic heterocycles. The van der Waals surface area contributed by atoms with Crippen molar-refractivity contribution >= 4 is 5.69 Å². The Labute approximate surface area is 106 Å². The summed E-state index contributed by atoms with van der Waals surface area (Å²) in [4.78, 5) is 2.59. The molecule has 0 saturated heterocycles. The van der Waals surface area contributed by atoms with E-state index in [0.717, 1.165) is 0 Å². The Morgan fingerprint density at radius 2 is 1.71 bits per heavy atom. The summed E-state index contributed by atoms with van der Waals surface area (Å²) in [6, 6.07) is 6.90. The third-order valence-electron chi connectivity index (χ3n) is 3.70. The summed E-state index contributed by atoms with van der Waals surface area (Å²) in [6.45, 7) is 6.95. The lowest BCUT2D eigenvalue weighted by molar-refractivity contribution is 0.674. The first-order valence-electron chi connectivity index (χ1n) is 7.22. The van der Waals surface area contributed by atoms with Crippen LogP contribution in [0.25, 0.3) is 0 Å². The number of fused-ring (bicyclic) bond motifs is 1. The van der Waals surface area contributed by atoms with Gasteiger partial charge in [0.2, 0.25) is 0 Å². The molecule has 1 heteroatoms. The van der Waals surface area contributed by atoms with Crippen LogP contribution in [0.2, 0.25) is 0 Å². The maximum Gasteiger partial charge on any atom is 0.0401 e. The van der Waals surface area contributed by atoms with Gasteiger partial charge in [0.15, 0.2) is 0 Å². The first-order chi connectivity index (χ1) is 8.36. The number of rotatable bonds is 5. The van der Waals surface area contributed by atoms with Gasteiger partial charge in [-0.05, 0) is 55.7 Å². The van der Waals surface area contributed by atoms with Crippen molar-refractivity contribution in [2.45, 2.75) is 52.4 Å². The Morgan fingerprint density at radius 3 is 2.41 bits per heavy atom. The minimum absolute atomic E-state index is 1.20. The van der Waals surface area contributed by atoms with Crippen LogP contribution in [0.3, 0.4) is 0 Å². The van der Waals surface area contributed by atoms with E-state index in [9.17, 15) is 0 Å². The van der Waals surface area contributed by atoms with Gasteiger partial charge >= 0.3 is 0 Å². The van der Waals surface area contributed by atoms with Crippen LogP contribution < -0.4 is 4.90 Å². The van der Waals surface area contributed by atoms with Crippen LogP contribution in [0.4, 0.5) is 5.69 Å². The zero-order valence-electron chi connectivity index (χ0n) is 11.3. The first kappa shape index (κ1) is 12.5. The van der Waals surface area contributed by atoms with Gasteiger partial charge in [-0.2, -0.15) is 0 Å². The molecular weight excluding hydrogens is 206 g/mol. The third-order valence-corrected chi connectivity index (χ3v) is 3.70. The zero-order chi connectivity index (χ0) is 12.1. The lowest BCUT2D eigenvalue weighted by Gasteiger charge is -2.29. The Bertz CT molecular complexity index is 351. The zero-order valence-corrected chi connectivity index (χ0v) is 11.3. The van der Waals surface area contributed by atoms with Crippen molar-refractivity contribution in [1.29, 1.82) is 0 Å². The number of aryl methyl sites for hydroxylation is 1. The standard InChI is InChI=1S/C16H25N/c1-3-12-17(13-4-2)16-11-7-9-14-8-5-6-10-15(14)16/h7,9,11H,3-6,8,10,12-13H2,1-2H3. The van der Waals surface area contributed by atoms with Gasteiger partial charge in [-0.3, -0.25) is 0 Å². The third kappa shape index (κ3) is 2.83. The average Bonchev–Trinajstić information content (AvgIpc) is 2.38. The highest BCUT2D eigenvalue weighted by Crippen LogP contribution is 2.30. The summed E-state index contributed by atoms with van der Waals surface area (Å²) in [5, 5.41) is 0. The van der Waals surface area contributed by atoms with Crippen LogP contribution in [0.1, 0.15) is 50.7 Å². The maximum atomic E-state index is 2.59. The molecule has 0 atom stereocenters. The van der Waals surface area contributed by atoms with Crippen molar-refractivity contribution < 1.29 is 0 Å². The number of hydrogen-bond donors (Lipinski definition) is 0. The molecular formula is C16H25N. The Balaban J connectivity index is 2.28. The van der Waals surface area contributed by atoms with Gasteiger partial charge in [-0.15, -0.1) is 0 Å². The molecule has 0 radical (unpaired) electrons. The monoisotopic (exact) mass is 231 g/mol. The van der Waals surface area contributed by atoms with Crippen LogP contribution in [-0.4, -0.2) is 13.1 Å². The number of anilines is 1. The summed E-state index contributed by atoms with van der Waals surface area (Å²) < 4.78 is 0. The molecule has 0 saturated carbocycles. The van der Waals surface area contributed by atoms with Crippen LogP contribution in [0, 0.1) is 0 Å². The molecule has 0 heterocycles. The van der Waals surface area contributed by atoms with Crippen LogP contribution in [0.15, 0.2) is 18.2 Å². The van der Waals surface area contributed by atoms with Gasteiger partial charge in [0, 0.05) is 18.8 Å². The van der Waals surface area contributed by atoms with Crippen molar-refractivity contribution in [1.82, 2.24) is 0 Å². The summed E-state index contributed by atoms with van der Waals surface area (Å²) in [5.74, 6) is 0. The summed E-state index contributed by atoms with van der Waals surface area (Å²) in [5.41, 5.74) is 4.76. The highest BCUT2D eigenvalue weighted by atomic mass is 15.1. The van der Waals surface area contributed by atoms with Gasteiger partial charge in [0.25, 0.3) is 0 Å². The van der Waals surface area contributed by atoms with Crippen molar-refractivity contribution in [3.63, 3.8) is 0 Å². The number of nitrogens with zero attached hydrogens (tertiary/aromatic N) is 1. The molecule has 0 unspecified atom stereocenters. The fourth-order valence-electron chi connectivity index (χ4n) is 2.95. The molecule has 0 N–H and O–H groups in total. The maximum absolute atomic E-state index is 2.59. The van der Waals surface area contributed by atoms with Crippen LogP contribution in [0.5, 0.6) is 0 Å². The van der Waals surface area contributed by atoms with E-state index in [-0.39, 0.29) is 0 Å². The Hall–Kier alpha value is -0.980. The Morgan fingerprint density at radius 1 is 1.00 bits per heavy atom. The molecule has 0 amide bonds. The average molecular weight is 231 g/mol. The molecule has 94 valence electrons. The van der Waals surface area contributed by atoms with Crippen molar-refractivity contribution in [2.24, 2.45) is 0 Å². The van der Waals surface area contributed by atoms with E-state index in [4.69, 9.17) is 0 Å². The predicted molar refractivity (Wildman–Crippen MR) is 75.9 cm³/mol. The highest BCUT2D eigenvalue weighted by Gasteiger charge is 2.16. The molecule has 1 aromatic carbocycles. The molecule has 1 aromatic rings. The van der Waals surface area contributed by atoms with Crippen LogP contribution in [-0.2, 0) is 12.8 Å². The second kappa shape index (κ2) is 6.09. The fourth-order valence-corrected chi connectivity index (χ4v) is 2.95. The summed E-state index contributed by atoms with van der Waals surface area (Å²) >= 11 is 0. The lowest BCUT2D eigenvalue weighted by Crippen LogP contribution is -2.26. The van der Waals surface area contributed by atoms with E-state index in [0.29, 0.717) is 0 Å². The molecule has 0 bridgehead atoms. The van der Waals surface area contributed by atoms with Gasteiger partial charge in [-0.1, -0.05) is 26.0 Å². The van der Waals surface area contributed by atoms with E-state index in [1.807, 2.05) is 0 Å². The van der Waals surface area contributed by atoms with E-state index in [1.54, 1.807) is 11.1 Å². The highest BCUT2D eigenvalue weighted by molar-refractivity contribution is 5.57. The molecule has 1 nitrogen and oxygen atoms in total. The Kier molecular flexibility index (Phi) is 4.47. The summed E-state index contributed by atoms with van der Waals surface area (Å²) in [6.07, 6.45) is 7.80. The molecule has 2 rings (SSSR count). The second-order valence-electron chi connectivity index (χ2n) is 5.11. The smallest absolute Gasteiger partial charge is 0.0401 e. The van der Waals surface area contributed by atoms with E-state index in [2.05, 4.69) is 36.9 Å². The van der Waals surface area contributed by atoms with E-state index < -0.39 is 0 Å². The van der Waals surface area contributed by atoms with Gasteiger partial charge in [-0.25, -0.2) is 0 Å². The first-order valence-corrected chi connectivity index (χ1v) is 7.22. The van der Waals surface area contributed by atoms with Crippen LogP contribution >= 0.6 is 0 Å². The minimum Gasteiger partial charge on any atom is -0.371 e. The molecule has 0 spiro atoms. The molecule has 0 aromatic heterocycles. The number of hydrogen-bond acceptors (Lipinski definition) is 1. The molecule has 0 fully saturated rings. The molecule has 17 heavy (non-hydrogen) atoms. The van der Waals surface area contributed by atoms with Gasteiger partial charge < -0.3 is 4.90 Å². The SMILES string of the molecule is CCCN(CCC)c1cccc2c1CCCC2. The predicted octanol–water partition coefficient (Wildman–Crippen LogP) is 4.19. The van der Waals surface area contributed by atoms with E-state index in [1.165, 1.54) is 57.3 Å². The quantitative estimate of drug-likeness (QED) is 0.734. The lowest BCUT2D eigenvalue weighted by atomic mass is 9.90. The molecule has 1 aliphatic carbocycles. The fraction of sp³-hybridized carbons (Fsp3) is 0.625. The van der Waals surface area contributed by atoms with E-state index >= 15 is 0 Å². The largest absolute Gasteiger partial charge is 0.371 e. The number of benzene rings is 1. The topological polar surface area (TPSA) is 3.24 Å². The van der Waals surface area contributed by atoms with Gasteiger partial charge in [0.1, 0.15) is 0 Å². The normalized spacial score (nSPS) is 14.5. The van der Waals surface area contributed by atoms with Gasteiger partial charge in [0.05, 0.1) is 0 Å². The van der Waals surface area contributed by atoms with Crippen molar-refractivity contribution in [3.8, 4) is 0 Å². The van der Waals surface area contributed by atoms with Crippen molar-refractivity contribution in [2.75, 3.05) is 18.0 Å². The van der Waals surface area contributed by atoms with Crippen molar-refractivity contribution in [3.05, 3.63) is 29.3 Å². The second-order valence-corrected chi connectivity index (χ2v) is 5.11. The minimum atomic E-state index is 1.20. The summed E-state index contributed by atoms with van der Waals surface area (Å²) in [7, 11) is 0.